The molecule has 0 radical (unpaired) electrons. The number of hydrogen-bond acceptors (Lipinski definition) is 2. The van der Waals surface area contributed by atoms with Gasteiger partial charge in [0.05, 0.1) is 0 Å². The average molecular weight is 360 g/mol. The molecule has 3 aliphatic carbocycles. The third-order valence-corrected chi connectivity index (χ3v) is 6.42. The van der Waals surface area contributed by atoms with E-state index in [2.05, 4.69) is 36.5 Å². The van der Waals surface area contributed by atoms with E-state index in [-0.39, 0.29) is 5.54 Å². The Labute approximate surface area is 158 Å². The molecule has 0 unspecified atom stereocenters. The summed E-state index contributed by atoms with van der Waals surface area (Å²) >= 11 is 0. The number of nitrogens with zero attached hydrogens (tertiary/aromatic N) is 1. The molecule has 4 heteroatoms. The maximum atomic E-state index is 12.2. The molecule has 2 N–H and O–H groups in total. The highest BCUT2D eigenvalue weighted by atomic mass is 16.4. The lowest BCUT2D eigenvalue weighted by Crippen LogP contribution is -2.66. The molecule has 1 aromatic heterocycles. The largest absolute Gasteiger partial charge is 0.477 e. The molecular formula is C23H24N2O2. The average Bonchev–Trinajstić information content (AvgIpc) is 2.89. The first-order valence-corrected chi connectivity index (χ1v) is 9.69. The van der Waals surface area contributed by atoms with E-state index in [1.54, 1.807) is 0 Å². The third kappa shape index (κ3) is 2.67. The maximum absolute atomic E-state index is 12.2. The van der Waals surface area contributed by atoms with Crippen LogP contribution in [-0.4, -0.2) is 21.2 Å². The van der Waals surface area contributed by atoms with Gasteiger partial charge in [-0.15, -0.1) is 0 Å². The zero-order valence-corrected chi connectivity index (χ0v) is 15.5. The number of nitrogens with one attached hydrogen (secondary N) is 1. The van der Waals surface area contributed by atoms with Gasteiger partial charge in [0.2, 0.25) is 0 Å². The van der Waals surface area contributed by atoms with Crippen molar-refractivity contribution in [3.8, 4) is 0 Å². The lowest BCUT2D eigenvalue weighted by atomic mass is 9.50. The first kappa shape index (κ1) is 16.6. The second-order valence-electron chi connectivity index (χ2n) is 8.33. The van der Waals surface area contributed by atoms with Crippen LogP contribution in [0.2, 0.25) is 0 Å². The van der Waals surface area contributed by atoms with Gasteiger partial charge in [-0.2, -0.15) is 0 Å². The Hall–Kier alpha value is -2.59. The van der Waals surface area contributed by atoms with Crippen LogP contribution in [0.1, 0.15) is 46.4 Å². The van der Waals surface area contributed by atoms with E-state index in [0.29, 0.717) is 18.8 Å². The minimum absolute atomic E-state index is 0.278. The third-order valence-electron chi connectivity index (χ3n) is 6.42. The van der Waals surface area contributed by atoms with Gasteiger partial charge in [-0.3, -0.25) is 0 Å². The van der Waals surface area contributed by atoms with Crippen molar-refractivity contribution >= 4 is 16.9 Å². The molecule has 2 bridgehead atoms. The smallest absolute Gasteiger partial charge is 0.352 e. The van der Waals surface area contributed by atoms with Crippen molar-refractivity contribution < 1.29 is 9.90 Å². The van der Waals surface area contributed by atoms with Crippen molar-refractivity contribution in [1.82, 2.24) is 9.88 Å². The second kappa shape index (κ2) is 5.96. The molecule has 3 saturated carbocycles. The van der Waals surface area contributed by atoms with E-state index in [1.165, 1.54) is 24.8 Å². The molecule has 138 valence electrons. The van der Waals surface area contributed by atoms with Crippen LogP contribution in [0.4, 0.5) is 0 Å². The molecule has 1 heterocycles. The van der Waals surface area contributed by atoms with Crippen LogP contribution in [0.25, 0.3) is 10.9 Å². The Morgan fingerprint density at radius 2 is 1.85 bits per heavy atom. The summed E-state index contributed by atoms with van der Waals surface area (Å²) in [7, 11) is 0. The van der Waals surface area contributed by atoms with E-state index in [4.69, 9.17) is 0 Å². The minimum atomic E-state index is -0.854. The van der Waals surface area contributed by atoms with E-state index in [1.807, 2.05) is 28.8 Å². The number of rotatable bonds is 6. The first-order chi connectivity index (χ1) is 13.0. The molecule has 0 atom stereocenters. The number of para-hydroxylation sites is 1. The summed E-state index contributed by atoms with van der Waals surface area (Å²) in [4.78, 5) is 12.2. The molecule has 6 rings (SSSR count). The number of aromatic nitrogens is 1. The van der Waals surface area contributed by atoms with Gasteiger partial charge < -0.3 is 15.0 Å². The lowest BCUT2D eigenvalue weighted by Gasteiger charge is -2.62. The molecule has 2 aromatic carbocycles. The van der Waals surface area contributed by atoms with Crippen LogP contribution in [0.15, 0.2) is 48.5 Å². The topological polar surface area (TPSA) is 54.3 Å². The summed E-state index contributed by atoms with van der Waals surface area (Å²) in [5, 5.41) is 14.7. The number of carboxylic acids is 1. The van der Waals surface area contributed by atoms with E-state index in [0.717, 1.165) is 27.9 Å². The Morgan fingerprint density at radius 3 is 2.48 bits per heavy atom. The minimum Gasteiger partial charge on any atom is -0.477 e. The molecular weight excluding hydrogens is 336 g/mol. The maximum Gasteiger partial charge on any atom is 0.352 e. The highest BCUT2D eigenvalue weighted by Crippen LogP contribution is 2.57. The fourth-order valence-electron chi connectivity index (χ4n) is 4.81. The zero-order chi connectivity index (χ0) is 18.6. The lowest BCUT2D eigenvalue weighted by molar-refractivity contribution is -0.0519. The van der Waals surface area contributed by atoms with Gasteiger partial charge in [-0.25, -0.2) is 4.79 Å². The van der Waals surface area contributed by atoms with Crippen molar-refractivity contribution in [2.45, 2.75) is 44.8 Å². The van der Waals surface area contributed by atoms with Gasteiger partial charge in [-0.1, -0.05) is 48.0 Å². The predicted molar refractivity (Wildman–Crippen MR) is 106 cm³/mol. The molecule has 3 aromatic rings. The van der Waals surface area contributed by atoms with Gasteiger partial charge in [0, 0.05) is 35.1 Å². The monoisotopic (exact) mass is 360 g/mol. The van der Waals surface area contributed by atoms with E-state index in [9.17, 15) is 9.90 Å². The molecule has 0 aliphatic heterocycles. The zero-order valence-electron chi connectivity index (χ0n) is 15.5. The highest BCUT2D eigenvalue weighted by Gasteiger charge is 2.56. The van der Waals surface area contributed by atoms with E-state index < -0.39 is 5.97 Å². The number of carbonyl (C=O) groups is 1. The second-order valence-corrected chi connectivity index (χ2v) is 8.33. The fraction of sp³-hybridized carbons (Fsp3) is 0.348. The predicted octanol–water partition coefficient (Wildman–Crippen LogP) is 4.34. The van der Waals surface area contributed by atoms with Crippen molar-refractivity contribution in [2.24, 2.45) is 5.92 Å². The number of aryl methyl sites for hydroxylation is 1. The van der Waals surface area contributed by atoms with Crippen LogP contribution < -0.4 is 5.32 Å². The van der Waals surface area contributed by atoms with Gasteiger partial charge in [0.1, 0.15) is 5.69 Å². The van der Waals surface area contributed by atoms with Crippen molar-refractivity contribution in [3.05, 3.63) is 70.9 Å². The number of benzene rings is 2. The summed E-state index contributed by atoms with van der Waals surface area (Å²) in [6.07, 6.45) is 3.74. The molecule has 4 nitrogen and oxygen atoms in total. The molecule has 0 saturated heterocycles. The summed E-state index contributed by atoms with van der Waals surface area (Å²) < 4.78 is 1.96. The van der Waals surface area contributed by atoms with Crippen molar-refractivity contribution in [2.75, 3.05) is 0 Å². The van der Waals surface area contributed by atoms with Crippen molar-refractivity contribution in [3.63, 3.8) is 0 Å². The molecule has 0 spiro atoms. The standard InChI is InChI=1S/C23H24N2O2/c1-15-6-8-16(9-7-15)14-25-20-5-3-2-4-18(20)19(21(25)22(26)27)13-24-23-10-17(11-23)12-23/h2-9,17,24H,10-14H2,1H3,(H,26,27). The molecule has 27 heavy (non-hydrogen) atoms. The fourth-order valence-corrected chi connectivity index (χ4v) is 4.81. The van der Waals surface area contributed by atoms with Crippen LogP contribution >= 0.6 is 0 Å². The normalized spacial score (nSPS) is 23.1. The molecule has 0 amide bonds. The quantitative estimate of drug-likeness (QED) is 0.688. The first-order valence-electron chi connectivity index (χ1n) is 9.69. The summed E-state index contributed by atoms with van der Waals surface area (Å²) in [5.41, 5.74) is 4.91. The van der Waals surface area contributed by atoms with Gasteiger partial charge in [0.25, 0.3) is 0 Å². The van der Waals surface area contributed by atoms with Crippen molar-refractivity contribution in [1.29, 1.82) is 0 Å². The number of fused-ring (bicyclic) bond motifs is 1. The highest BCUT2D eigenvalue weighted by molar-refractivity contribution is 5.98. The number of carboxylic acid groups (broad SMARTS) is 1. The summed E-state index contributed by atoms with van der Waals surface area (Å²) in [6.45, 7) is 3.25. The van der Waals surface area contributed by atoms with E-state index >= 15 is 0 Å². The Kier molecular flexibility index (Phi) is 3.66. The number of hydrogen-bond donors (Lipinski definition) is 2. The number of aromatic carboxylic acids is 1. The SMILES string of the molecule is Cc1ccc(Cn2c(C(=O)O)c(CNC34CC(C3)C4)c3ccccc32)cc1. The van der Waals surface area contributed by atoms with Gasteiger partial charge >= 0.3 is 5.97 Å². The Bertz CT molecular complexity index is 1020. The van der Waals surface area contributed by atoms with Gasteiger partial charge in [0.15, 0.2) is 0 Å². The molecule has 3 fully saturated rings. The van der Waals surface area contributed by atoms with Gasteiger partial charge in [-0.05, 0) is 43.7 Å². The van der Waals surface area contributed by atoms with Crippen LogP contribution in [0.5, 0.6) is 0 Å². The Balaban J connectivity index is 1.57. The summed E-state index contributed by atoms with van der Waals surface area (Å²) in [5.74, 6) is 0.0482. The Morgan fingerprint density at radius 1 is 1.15 bits per heavy atom. The van der Waals surface area contributed by atoms with Crippen LogP contribution in [0, 0.1) is 12.8 Å². The van der Waals surface area contributed by atoms with Crippen LogP contribution in [-0.2, 0) is 13.1 Å². The molecule has 3 aliphatic rings. The summed E-state index contributed by atoms with van der Waals surface area (Å²) in [6, 6.07) is 16.4. The van der Waals surface area contributed by atoms with Crippen LogP contribution in [0.3, 0.4) is 0 Å².